The van der Waals surface area contributed by atoms with Crippen LogP contribution in [0.15, 0.2) is 11.1 Å². The molecule has 0 radical (unpaired) electrons. The van der Waals surface area contributed by atoms with E-state index in [1.807, 2.05) is 0 Å². The maximum absolute atomic E-state index is 11.4. The van der Waals surface area contributed by atoms with E-state index >= 15 is 0 Å². The molecule has 0 saturated heterocycles. The van der Waals surface area contributed by atoms with Gasteiger partial charge >= 0.3 is 5.69 Å². The van der Waals surface area contributed by atoms with Gasteiger partial charge in [-0.3, -0.25) is 10.1 Å². The summed E-state index contributed by atoms with van der Waals surface area (Å²) >= 11 is 0. The molecule has 0 spiro atoms. The van der Waals surface area contributed by atoms with Crippen molar-refractivity contribution in [2.75, 3.05) is 19.1 Å². The van der Waals surface area contributed by atoms with Gasteiger partial charge < -0.3 is 10.5 Å². The number of sulfone groups is 1. The Morgan fingerprint density at radius 3 is 2.50 bits per heavy atom. The lowest BCUT2D eigenvalue weighted by molar-refractivity contribution is -0.385. The molecule has 0 aliphatic rings. The van der Waals surface area contributed by atoms with Crippen molar-refractivity contribution in [3.8, 4) is 0 Å². The van der Waals surface area contributed by atoms with Crippen LogP contribution in [0.25, 0.3) is 0 Å². The average Bonchev–Trinajstić information content (AvgIpc) is 2.25. The molecule has 1 heterocycles. The molecule has 18 heavy (non-hydrogen) atoms. The first-order valence-electron chi connectivity index (χ1n) is 4.86. The van der Waals surface area contributed by atoms with E-state index in [1.165, 1.54) is 7.11 Å². The van der Waals surface area contributed by atoms with Gasteiger partial charge in [0.25, 0.3) is 0 Å². The molecular weight excluding hydrogens is 262 g/mol. The second-order valence-electron chi connectivity index (χ2n) is 3.69. The second-order valence-corrected chi connectivity index (χ2v) is 5.65. The number of methoxy groups -OCH3 is 1. The summed E-state index contributed by atoms with van der Waals surface area (Å²) in [5.74, 6) is -0.443. The smallest absolute Gasteiger partial charge is 0.316 e. The number of aromatic nitrogens is 1. The van der Waals surface area contributed by atoms with E-state index in [1.54, 1.807) is 6.92 Å². The monoisotopic (exact) mass is 275 g/mol. The Labute approximate surface area is 104 Å². The number of hydrogen-bond acceptors (Lipinski definition) is 7. The van der Waals surface area contributed by atoms with Crippen LogP contribution in [-0.4, -0.2) is 31.7 Å². The molecule has 0 aromatic carbocycles. The van der Waals surface area contributed by atoms with Crippen LogP contribution in [-0.2, 0) is 14.6 Å². The minimum absolute atomic E-state index is 0.0791. The third-order valence-electron chi connectivity index (χ3n) is 2.38. The van der Waals surface area contributed by atoms with Gasteiger partial charge in [0.05, 0.1) is 16.6 Å². The van der Waals surface area contributed by atoms with Crippen LogP contribution >= 0.6 is 0 Å². The quantitative estimate of drug-likeness (QED) is 0.632. The van der Waals surface area contributed by atoms with Crippen molar-refractivity contribution in [1.82, 2.24) is 4.98 Å². The fourth-order valence-electron chi connectivity index (χ4n) is 1.38. The molecule has 1 unspecified atom stereocenters. The van der Waals surface area contributed by atoms with Crippen molar-refractivity contribution in [3.05, 3.63) is 21.7 Å². The van der Waals surface area contributed by atoms with E-state index in [2.05, 4.69) is 4.98 Å². The molecule has 1 aromatic heterocycles. The minimum atomic E-state index is -3.60. The summed E-state index contributed by atoms with van der Waals surface area (Å²) in [5.41, 5.74) is 5.09. The Kier molecular flexibility index (Phi) is 3.87. The summed E-state index contributed by atoms with van der Waals surface area (Å²) in [6.07, 6.45) is 0.276. The van der Waals surface area contributed by atoms with Crippen molar-refractivity contribution in [1.29, 1.82) is 0 Å². The van der Waals surface area contributed by atoms with Crippen molar-refractivity contribution in [2.24, 2.45) is 0 Å². The van der Waals surface area contributed by atoms with Gasteiger partial charge in [-0.2, -0.15) is 0 Å². The number of ether oxygens (including phenoxy) is 1. The largest absolute Gasteiger partial charge is 0.378 e. The molecule has 0 aliphatic heterocycles. The Balaban J connectivity index is 3.62. The Morgan fingerprint density at radius 2 is 2.11 bits per heavy atom. The number of anilines is 1. The lowest BCUT2D eigenvalue weighted by Gasteiger charge is -2.12. The summed E-state index contributed by atoms with van der Waals surface area (Å²) in [7, 11) is -2.25. The van der Waals surface area contributed by atoms with E-state index < -0.39 is 32.4 Å². The molecular formula is C9H13N3O5S. The summed E-state index contributed by atoms with van der Waals surface area (Å²) in [5, 5.41) is 10.6. The summed E-state index contributed by atoms with van der Waals surface area (Å²) in [4.78, 5) is 13.7. The fraction of sp³-hybridized carbons (Fsp3) is 0.444. The fourth-order valence-corrected chi connectivity index (χ4v) is 1.98. The predicted octanol–water partition coefficient (Wildman–Crippen LogP) is 0.683. The summed E-state index contributed by atoms with van der Waals surface area (Å²) < 4.78 is 27.8. The molecule has 9 heteroatoms. The number of nitrogen functional groups attached to an aromatic ring is 1. The zero-order valence-corrected chi connectivity index (χ0v) is 10.9. The maximum Gasteiger partial charge on any atom is 0.316 e. The molecule has 100 valence electrons. The van der Waals surface area contributed by atoms with Gasteiger partial charge in [0, 0.05) is 13.4 Å². The molecule has 2 N–H and O–H groups in total. The van der Waals surface area contributed by atoms with Crippen LogP contribution in [0.3, 0.4) is 0 Å². The lowest BCUT2D eigenvalue weighted by Crippen LogP contribution is -2.11. The second kappa shape index (κ2) is 4.86. The summed E-state index contributed by atoms with van der Waals surface area (Å²) in [6.45, 7) is 1.55. The number of nitrogens with two attached hydrogens (primary N) is 1. The molecule has 1 atom stereocenters. The summed E-state index contributed by atoms with van der Waals surface area (Å²) in [6, 6.07) is 1.11. The third kappa shape index (κ3) is 2.74. The van der Waals surface area contributed by atoms with Crippen molar-refractivity contribution >= 4 is 21.3 Å². The highest BCUT2D eigenvalue weighted by Gasteiger charge is 2.27. The highest BCUT2D eigenvalue weighted by molar-refractivity contribution is 7.90. The van der Waals surface area contributed by atoms with Gasteiger partial charge in [-0.1, -0.05) is 0 Å². The molecule has 0 aliphatic carbocycles. The van der Waals surface area contributed by atoms with Crippen LogP contribution < -0.4 is 5.73 Å². The Hall–Kier alpha value is -1.74. The number of hydrogen-bond donors (Lipinski definition) is 1. The predicted molar refractivity (Wildman–Crippen MR) is 63.8 cm³/mol. The molecule has 0 amide bonds. The van der Waals surface area contributed by atoms with Crippen LogP contribution in [0.2, 0.25) is 0 Å². The van der Waals surface area contributed by atoms with Gasteiger partial charge in [-0.15, -0.1) is 0 Å². The lowest BCUT2D eigenvalue weighted by atomic mass is 10.1. The van der Waals surface area contributed by atoms with Crippen LogP contribution in [0, 0.1) is 10.1 Å². The Morgan fingerprint density at radius 1 is 1.56 bits per heavy atom. The molecule has 0 saturated carbocycles. The standard InChI is InChI=1S/C9H13N3O5S/c1-5(17-2)6-4-7(18(3,15)16)11-9(10)8(6)12(13)14/h4-5H,1-3H3,(H2,10,11). The first-order valence-corrected chi connectivity index (χ1v) is 6.75. The van der Waals surface area contributed by atoms with Gasteiger partial charge in [0.1, 0.15) is 0 Å². The van der Waals surface area contributed by atoms with Crippen molar-refractivity contribution < 1.29 is 18.1 Å². The number of pyridine rings is 1. The van der Waals surface area contributed by atoms with Gasteiger partial charge in [0.15, 0.2) is 14.9 Å². The zero-order valence-electron chi connectivity index (χ0n) is 10.1. The van der Waals surface area contributed by atoms with Crippen LogP contribution in [0.5, 0.6) is 0 Å². The minimum Gasteiger partial charge on any atom is -0.378 e. The maximum atomic E-state index is 11.4. The molecule has 8 nitrogen and oxygen atoms in total. The van der Waals surface area contributed by atoms with Crippen LogP contribution in [0.1, 0.15) is 18.6 Å². The highest BCUT2D eigenvalue weighted by atomic mass is 32.2. The van der Waals surface area contributed by atoms with Crippen molar-refractivity contribution in [3.63, 3.8) is 0 Å². The first-order chi connectivity index (χ1) is 8.18. The number of nitro groups is 1. The first kappa shape index (κ1) is 14.3. The highest BCUT2D eigenvalue weighted by Crippen LogP contribution is 2.32. The van der Waals surface area contributed by atoms with E-state index in [4.69, 9.17) is 10.5 Å². The van der Waals surface area contributed by atoms with E-state index in [9.17, 15) is 18.5 Å². The SMILES string of the molecule is COC(C)c1cc(S(C)(=O)=O)nc(N)c1[N+](=O)[O-]. The average molecular weight is 275 g/mol. The van der Waals surface area contributed by atoms with Crippen molar-refractivity contribution in [2.45, 2.75) is 18.1 Å². The topological polar surface area (TPSA) is 125 Å². The third-order valence-corrected chi connectivity index (χ3v) is 3.35. The Bertz CT molecular complexity index is 584. The molecule has 0 bridgehead atoms. The molecule has 1 aromatic rings. The van der Waals surface area contributed by atoms with E-state index in [0.29, 0.717) is 0 Å². The van der Waals surface area contributed by atoms with Gasteiger partial charge in [-0.25, -0.2) is 13.4 Å². The zero-order chi connectivity index (χ0) is 14.1. The van der Waals surface area contributed by atoms with Crippen LogP contribution in [0.4, 0.5) is 11.5 Å². The van der Waals surface area contributed by atoms with Gasteiger partial charge in [-0.05, 0) is 13.0 Å². The van der Waals surface area contributed by atoms with E-state index in [-0.39, 0.29) is 10.6 Å². The number of nitrogens with zero attached hydrogens (tertiary/aromatic N) is 2. The molecule has 0 fully saturated rings. The normalized spacial score (nSPS) is 13.3. The van der Waals surface area contributed by atoms with E-state index in [0.717, 1.165) is 12.3 Å². The van der Waals surface area contributed by atoms with Gasteiger partial charge in [0.2, 0.25) is 5.82 Å². The molecule has 1 rings (SSSR count). The number of rotatable bonds is 4.